The molecule has 0 amide bonds. The summed E-state index contributed by atoms with van der Waals surface area (Å²) in [5.41, 5.74) is 2.01. The molecule has 1 heterocycles. The first kappa shape index (κ1) is 11.4. The van der Waals surface area contributed by atoms with Gasteiger partial charge in [-0.15, -0.1) is 0 Å². The summed E-state index contributed by atoms with van der Waals surface area (Å²) in [6.07, 6.45) is 2.99. The van der Waals surface area contributed by atoms with E-state index in [1.54, 1.807) is 0 Å². The molecule has 0 bridgehead atoms. The van der Waals surface area contributed by atoms with E-state index < -0.39 is 0 Å². The molecule has 0 aliphatic carbocycles. The van der Waals surface area contributed by atoms with Crippen molar-refractivity contribution in [2.45, 2.75) is 6.92 Å². The Labute approximate surface area is 104 Å². The molecule has 17 heavy (non-hydrogen) atoms. The Kier molecular flexibility index (Phi) is 3.22. The van der Waals surface area contributed by atoms with Crippen LogP contribution in [0.25, 0.3) is 0 Å². The van der Waals surface area contributed by atoms with Crippen molar-refractivity contribution in [1.82, 2.24) is 9.97 Å². The van der Waals surface area contributed by atoms with Gasteiger partial charge in [0.1, 0.15) is 6.07 Å². The summed E-state index contributed by atoms with van der Waals surface area (Å²) in [5.74, 6) is 0.403. The Morgan fingerprint density at radius 2 is 2.06 bits per heavy atom. The summed E-state index contributed by atoms with van der Waals surface area (Å²) < 4.78 is 0. The van der Waals surface area contributed by atoms with Crippen molar-refractivity contribution in [2.24, 2.45) is 0 Å². The van der Waals surface area contributed by atoms with Crippen LogP contribution in [-0.2, 0) is 0 Å². The molecule has 0 fully saturated rings. The monoisotopic (exact) mass is 244 g/mol. The van der Waals surface area contributed by atoms with E-state index >= 15 is 0 Å². The molecule has 0 spiro atoms. The maximum absolute atomic E-state index is 8.88. The first-order valence-corrected chi connectivity index (χ1v) is 5.33. The minimum absolute atomic E-state index is 0.240. The van der Waals surface area contributed by atoms with Gasteiger partial charge in [-0.3, -0.25) is 0 Å². The molecular formula is C12H9ClN4. The second kappa shape index (κ2) is 4.81. The number of nitrogens with zero attached hydrogens (tertiary/aromatic N) is 3. The van der Waals surface area contributed by atoms with Gasteiger partial charge in [0.2, 0.25) is 0 Å². The number of hydrogen-bond acceptors (Lipinski definition) is 4. The maximum atomic E-state index is 8.88. The smallest absolute Gasteiger partial charge is 0.183 e. The molecule has 2 aromatic rings. The van der Waals surface area contributed by atoms with Crippen molar-refractivity contribution < 1.29 is 0 Å². The van der Waals surface area contributed by atoms with Crippen LogP contribution < -0.4 is 5.32 Å². The van der Waals surface area contributed by atoms with E-state index in [9.17, 15) is 0 Å². The van der Waals surface area contributed by atoms with Crippen LogP contribution in [0, 0.1) is 18.3 Å². The molecule has 0 aliphatic rings. The Bertz CT molecular complexity index is 589. The summed E-state index contributed by atoms with van der Waals surface area (Å²) in [5, 5.41) is 12.5. The molecule has 84 valence electrons. The van der Waals surface area contributed by atoms with Gasteiger partial charge in [-0.05, 0) is 24.6 Å². The van der Waals surface area contributed by atoms with Gasteiger partial charge in [-0.25, -0.2) is 9.97 Å². The summed E-state index contributed by atoms with van der Waals surface area (Å²) in [6.45, 7) is 1.96. The molecule has 0 saturated carbocycles. The van der Waals surface area contributed by atoms with Crippen LogP contribution in [0.2, 0.25) is 5.02 Å². The van der Waals surface area contributed by atoms with Crippen molar-refractivity contribution in [2.75, 3.05) is 5.32 Å². The molecular weight excluding hydrogens is 236 g/mol. The van der Waals surface area contributed by atoms with Crippen molar-refractivity contribution in [3.63, 3.8) is 0 Å². The first-order valence-electron chi connectivity index (χ1n) is 4.95. The van der Waals surface area contributed by atoms with Gasteiger partial charge in [0, 0.05) is 12.4 Å². The molecule has 4 nitrogen and oxygen atoms in total. The molecule has 0 aliphatic heterocycles. The average Bonchev–Trinajstić information content (AvgIpc) is 2.33. The lowest BCUT2D eigenvalue weighted by Gasteiger charge is -2.08. The predicted molar refractivity (Wildman–Crippen MR) is 66.2 cm³/mol. The van der Waals surface area contributed by atoms with Crippen LogP contribution in [0.15, 0.2) is 30.6 Å². The molecule has 0 saturated heterocycles. The Hall–Kier alpha value is -2.12. The molecule has 5 heteroatoms. The third-order valence-corrected chi connectivity index (χ3v) is 2.49. The highest BCUT2D eigenvalue weighted by atomic mass is 35.5. The van der Waals surface area contributed by atoms with E-state index in [0.717, 1.165) is 5.56 Å². The van der Waals surface area contributed by atoms with Crippen molar-refractivity contribution in [1.29, 1.82) is 5.26 Å². The van der Waals surface area contributed by atoms with Gasteiger partial charge in [-0.2, -0.15) is 5.26 Å². The van der Waals surface area contributed by atoms with E-state index in [1.165, 1.54) is 12.4 Å². The number of nitrogens with one attached hydrogen (secondary N) is 1. The Balaban J connectivity index is 2.35. The fourth-order valence-corrected chi connectivity index (χ4v) is 1.64. The van der Waals surface area contributed by atoms with E-state index in [-0.39, 0.29) is 5.69 Å². The quantitative estimate of drug-likeness (QED) is 0.882. The number of hydrogen-bond donors (Lipinski definition) is 1. The van der Waals surface area contributed by atoms with Crippen LogP contribution in [-0.4, -0.2) is 9.97 Å². The van der Waals surface area contributed by atoms with Gasteiger partial charge < -0.3 is 5.32 Å². The zero-order valence-corrected chi connectivity index (χ0v) is 9.86. The fraction of sp³-hybridized carbons (Fsp3) is 0.0833. The molecule has 1 N–H and O–H groups in total. The van der Waals surface area contributed by atoms with E-state index in [2.05, 4.69) is 15.3 Å². The molecule has 0 radical (unpaired) electrons. The summed E-state index contributed by atoms with van der Waals surface area (Å²) >= 11 is 6.08. The van der Waals surface area contributed by atoms with Gasteiger partial charge in [0.05, 0.1) is 10.7 Å². The highest BCUT2D eigenvalue weighted by molar-refractivity contribution is 6.33. The number of nitriles is 1. The average molecular weight is 245 g/mol. The minimum Gasteiger partial charge on any atom is -0.337 e. The predicted octanol–water partition coefficient (Wildman–Crippen LogP) is 3.05. The Morgan fingerprint density at radius 1 is 1.29 bits per heavy atom. The largest absolute Gasteiger partial charge is 0.337 e. The number of aromatic nitrogens is 2. The number of anilines is 2. The van der Waals surface area contributed by atoms with E-state index in [4.69, 9.17) is 16.9 Å². The lowest BCUT2D eigenvalue weighted by atomic mass is 10.2. The van der Waals surface area contributed by atoms with Crippen LogP contribution >= 0.6 is 11.6 Å². The fourth-order valence-electron chi connectivity index (χ4n) is 1.36. The van der Waals surface area contributed by atoms with Crippen LogP contribution in [0.4, 0.5) is 11.5 Å². The SMILES string of the molecule is Cc1ccc(Nc2nccnc2C#N)c(Cl)c1. The standard InChI is InChI=1S/C12H9ClN4/c1-8-2-3-10(9(13)6-8)17-12-11(7-14)15-4-5-16-12/h2-6H,1H3,(H,16,17). The number of rotatable bonds is 2. The molecule has 0 atom stereocenters. The van der Waals surface area contributed by atoms with Crippen LogP contribution in [0.5, 0.6) is 0 Å². The highest BCUT2D eigenvalue weighted by Crippen LogP contribution is 2.26. The lowest BCUT2D eigenvalue weighted by Crippen LogP contribution is -1.99. The van der Waals surface area contributed by atoms with E-state index in [0.29, 0.717) is 16.5 Å². The van der Waals surface area contributed by atoms with Crippen molar-refractivity contribution >= 4 is 23.1 Å². The molecule has 1 aromatic heterocycles. The zero-order valence-electron chi connectivity index (χ0n) is 9.11. The maximum Gasteiger partial charge on any atom is 0.183 e. The highest BCUT2D eigenvalue weighted by Gasteiger charge is 2.06. The number of aryl methyl sites for hydroxylation is 1. The summed E-state index contributed by atoms with van der Waals surface area (Å²) in [6, 6.07) is 7.58. The van der Waals surface area contributed by atoms with Gasteiger partial charge in [0.15, 0.2) is 11.5 Å². The second-order valence-corrected chi connectivity index (χ2v) is 3.88. The number of benzene rings is 1. The van der Waals surface area contributed by atoms with Gasteiger partial charge in [0.25, 0.3) is 0 Å². The minimum atomic E-state index is 0.240. The third-order valence-electron chi connectivity index (χ3n) is 2.18. The van der Waals surface area contributed by atoms with Crippen molar-refractivity contribution in [3.8, 4) is 6.07 Å². The number of halogens is 1. The van der Waals surface area contributed by atoms with E-state index in [1.807, 2.05) is 31.2 Å². The molecule has 2 rings (SSSR count). The third kappa shape index (κ3) is 2.52. The zero-order chi connectivity index (χ0) is 12.3. The van der Waals surface area contributed by atoms with Crippen molar-refractivity contribution in [3.05, 3.63) is 46.9 Å². The first-order chi connectivity index (χ1) is 8.20. The Morgan fingerprint density at radius 3 is 2.76 bits per heavy atom. The summed E-state index contributed by atoms with van der Waals surface area (Å²) in [7, 11) is 0. The summed E-state index contributed by atoms with van der Waals surface area (Å²) in [4.78, 5) is 7.96. The van der Waals surface area contributed by atoms with Crippen LogP contribution in [0.1, 0.15) is 11.3 Å². The lowest BCUT2D eigenvalue weighted by molar-refractivity contribution is 1.16. The van der Waals surface area contributed by atoms with Crippen LogP contribution in [0.3, 0.4) is 0 Å². The van der Waals surface area contributed by atoms with Gasteiger partial charge >= 0.3 is 0 Å². The topological polar surface area (TPSA) is 61.6 Å². The van der Waals surface area contributed by atoms with Gasteiger partial charge in [-0.1, -0.05) is 17.7 Å². The molecule has 0 unspecified atom stereocenters. The second-order valence-electron chi connectivity index (χ2n) is 3.47. The normalized spacial score (nSPS) is 9.71. The molecule has 1 aromatic carbocycles.